The van der Waals surface area contributed by atoms with Gasteiger partial charge in [0.2, 0.25) is 0 Å². The summed E-state index contributed by atoms with van der Waals surface area (Å²) in [6, 6.07) is 3.84. The van der Waals surface area contributed by atoms with Crippen LogP contribution in [0.5, 0.6) is 0 Å². The van der Waals surface area contributed by atoms with E-state index in [2.05, 4.69) is 5.32 Å². The first-order chi connectivity index (χ1) is 9.37. The van der Waals surface area contributed by atoms with Crippen molar-refractivity contribution in [3.8, 4) is 0 Å². The Labute approximate surface area is 113 Å². The summed E-state index contributed by atoms with van der Waals surface area (Å²) >= 11 is 0. The molecule has 0 aromatic heterocycles. The maximum absolute atomic E-state index is 12.1. The lowest BCUT2D eigenvalue weighted by Gasteiger charge is -2.38. The fourth-order valence-corrected chi connectivity index (χ4v) is 2.12. The average Bonchev–Trinajstić information content (AvgIpc) is 2.32. The summed E-state index contributed by atoms with van der Waals surface area (Å²) in [6.07, 6.45) is 1.38. The third-order valence-electron chi connectivity index (χ3n) is 3.49. The average molecular weight is 279 g/mol. The number of carbonyl (C=O) groups excluding carboxylic acids is 1. The summed E-state index contributed by atoms with van der Waals surface area (Å²) < 4.78 is 0. The number of amides is 1. The Morgan fingerprint density at radius 1 is 1.40 bits per heavy atom. The maximum atomic E-state index is 12.1. The van der Waals surface area contributed by atoms with Crippen LogP contribution in [-0.4, -0.2) is 27.4 Å². The van der Waals surface area contributed by atoms with Gasteiger partial charge in [-0.05, 0) is 25.3 Å². The van der Waals surface area contributed by atoms with Crippen molar-refractivity contribution in [1.82, 2.24) is 5.32 Å². The number of nitrogen functional groups attached to an aromatic ring is 1. The van der Waals surface area contributed by atoms with E-state index in [1.54, 1.807) is 0 Å². The lowest BCUT2D eigenvalue weighted by Crippen LogP contribution is -2.59. The van der Waals surface area contributed by atoms with E-state index in [-0.39, 0.29) is 16.9 Å². The Morgan fingerprint density at radius 3 is 2.50 bits per heavy atom. The van der Waals surface area contributed by atoms with Gasteiger partial charge < -0.3 is 16.2 Å². The molecule has 1 aliphatic rings. The maximum Gasteiger partial charge on any atom is 0.329 e. The molecule has 8 heteroatoms. The monoisotopic (exact) mass is 279 g/mol. The Kier molecular flexibility index (Phi) is 3.31. The molecule has 0 radical (unpaired) electrons. The second-order valence-corrected chi connectivity index (χ2v) is 4.69. The van der Waals surface area contributed by atoms with Crippen LogP contribution in [0, 0.1) is 10.1 Å². The number of nitro benzene ring substituents is 1. The van der Waals surface area contributed by atoms with E-state index in [0.717, 1.165) is 0 Å². The van der Waals surface area contributed by atoms with Crippen LogP contribution in [0.3, 0.4) is 0 Å². The van der Waals surface area contributed by atoms with Crippen molar-refractivity contribution in [1.29, 1.82) is 0 Å². The predicted molar refractivity (Wildman–Crippen MR) is 69.2 cm³/mol. The van der Waals surface area contributed by atoms with Crippen LogP contribution in [-0.2, 0) is 4.79 Å². The molecular weight excluding hydrogens is 266 g/mol. The number of nitrogens with one attached hydrogen (secondary N) is 1. The van der Waals surface area contributed by atoms with Crippen molar-refractivity contribution in [3.63, 3.8) is 0 Å². The highest BCUT2D eigenvalue weighted by molar-refractivity contribution is 6.03. The van der Waals surface area contributed by atoms with Gasteiger partial charge in [0, 0.05) is 6.07 Å². The lowest BCUT2D eigenvalue weighted by molar-refractivity contribution is -0.383. The van der Waals surface area contributed by atoms with Crippen molar-refractivity contribution in [2.45, 2.75) is 24.8 Å². The smallest absolute Gasteiger partial charge is 0.329 e. The number of benzene rings is 1. The topological polar surface area (TPSA) is 136 Å². The Balaban J connectivity index is 2.28. The molecule has 1 aliphatic carbocycles. The second kappa shape index (κ2) is 4.80. The fourth-order valence-electron chi connectivity index (χ4n) is 2.12. The van der Waals surface area contributed by atoms with Gasteiger partial charge in [0.05, 0.1) is 10.5 Å². The van der Waals surface area contributed by atoms with E-state index in [4.69, 9.17) is 10.8 Å². The molecule has 1 aromatic rings. The number of nitro groups is 1. The summed E-state index contributed by atoms with van der Waals surface area (Å²) in [4.78, 5) is 33.3. The molecule has 1 amide bonds. The lowest BCUT2D eigenvalue weighted by atomic mass is 9.76. The van der Waals surface area contributed by atoms with E-state index in [1.807, 2.05) is 0 Å². The third kappa shape index (κ3) is 2.15. The number of aliphatic carboxylic acids is 1. The van der Waals surface area contributed by atoms with Crippen LogP contribution >= 0.6 is 0 Å². The van der Waals surface area contributed by atoms with E-state index in [1.165, 1.54) is 18.2 Å². The van der Waals surface area contributed by atoms with Gasteiger partial charge in [0.15, 0.2) is 0 Å². The molecule has 106 valence electrons. The van der Waals surface area contributed by atoms with Crippen LogP contribution in [0.2, 0.25) is 0 Å². The Morgan fingerprint density at radius 2 is 2.05 bits per heavy atom. The van der Waals surface area contributed by atoms with E-state index in [9.17, 15) is 19.7 Å². The summed E-state index contributed by atoms with van der Waals surface area (Å²) in [5.74, 6) is -1.82. The fraction of sp³-hybridized carbons (Fsp3) is 0.333. The standard InChI is InChI=1S/C12H13N3O5/c13-9-7(3-1-4-8(9)15(19)20)10(16)14-12(11(17)18)5-2-6-12/h1,3-4H,2,5-6,13H2,(H,14,16)(H,17,18). The molecule has 0 heterocycles. The van der Waals surface area contributed by atoms with Gasteiger partial charge in [-0.25, -0.2) is 4.79 Å². The minimum atomic E-state index is -1.28. The number of hydrogen-bond acceptors (Lipinski definition) is 5. The van der Waals surface area contributed by atoms with E-state index < -0.39 is 22.3 Å². The van der Waals surface area contributed by atoms with Crippen molar-refractivity contribution in [2.75, 3.05) is 5.73 Å². The summed E-state index contributed by atoms with van der Waals surface area (Å²) in [6.45, 7) is 0. The quantitative estimate of drug-likeness (QED) is 0.426. The van der Waals surface area contributed by atoms with Crippen LogP contribution in [0.25, 0.3) is 0 Å². The van der Waals surface area contributed by atoms with Gasteiger partial charge >= 0.3 is 5.97 Å². The molecule has 0 spiro atoms. The molecule has 8 nitrogen and oxygen atoms in total. The highest BCUT2D eigenvalue weighted by Gasteiger charge is 2.46. The third-order valence-corrected chi connectivity index (χ3v) is 3.49. The number of carbonyl (C=O) groups is 2. The molecule has 0 atom stereocenters. The molecule has 1 saturated carbocycles. The largest absolute Gasteiger partial charge is 0.480 e. The number of anilines is 1. The van der Waals surface area contributed by atoms with Crippen molar-refractivity contribution in [3.05, 3.63) is 33.9 Å². The summed E-state index contributed by atoms with van der Waals surface area (Å²) in [5, 5.41) is 22.3. The number of nitrogens with zero attached hydrogens (tertiary/aromatic N) is 1. The van der Waals surface area contributed by atoms with Crippen molar-refractivity contribution >= 4 is 23.3 Å². The first kappa shape index (κ1) is 13.8. The number of para-hydroxylation sites is 1. The number of hydrogen-bond donors (Lipinski definition) is 3. The highest BCUT2D eigenvalue weighted by Crippen LogP contribution is 2.33. The SMILES string of the molecule is Nc1c(C(=O)NC2(C(=O)O)CCC2)cccc1[N+](=O)[O-]. The minimum absolute atomic E-state index is 0.0910. The van der Waals surface area contributed by atoms with E-state index in [0.29, 0.717) is 19.3 Å². The van der Waals surface area contributed by atoms with Crippen molar-refractivity contribution in [2.24, 2.45) is 0 Å². The minimum Gasteiger partial charge on any atom is -0.480 e. The normalized spacial score (nSPS) is 16.0. The second-order valence-electron chi connectivity index (χ2n) is 4.69. The number of carboxylic acid groups (broad SMARTS) is 1. The van der Waals surface area contributed by atoms with E-state index >= 15 is 0 Å². The molecule has 0 bridgehead atoms. The highest BCUT2D eigenvalue weighted by atomic mass is 16.6. The molecule has 0 saturated heterocycles. The van der Waals surface area contributed by atoms with Gasteiger partial charge in [-0.3, -0.25) is 14.9 Å². The molecule has 2 rings (SSSR count). The van der Waals surface area contributed by atoms with Crippen molar-refractivity contribution < 1.29 is 19.6 Å². The van der Waals surface area contributed by atoms with Crippen LogP contribution in [0.1, 0.15) is 29.6 Å². The predicted octanol–water partition coefficient (Wildman–Crippen LogP) is 0.914. The number of nitrogens with two attached hydrogens (primary N) is 1. The van der Waals surface area contributed by atoms with Crippen LogP contribution in [0.4, 0.5) is 11.4 Å². The summed E-state index contributed by atoms with van der Waals surface area (Å²) in [5.41, 5.74) is 3.57. The zero-order valence-electron chi connectivity index (χ0n) is 10.5. The Hall–Kier alpha value is -2.64. The zero-order valence-corrected chi connectivity index (χ0v) is 10.5. The van der Waals surface area contributed by atoms with Crippen LogP contribution in [0.15, 0.2) is 18.2 Å². The molecule has 20 heavy (non-hydrogen) atoms. The molecule has 0 aliphatic heterocycles. The number of carboxylic acids is 1. The molecule has 4 N–H and O–H groups in total. The van der Waals surface area contributed by atoms with Crippen LogP contribution < -0.4 is 11.1 Å². The summed E-state index contributed by atoms with van der Waals surface area (Å²) in [7, 11) is 0. The molecule has 1 aromatic carbocycles. The van der Waals surface area contributed by atoms with Gasteiger partial charge in [-0.2, -0.15) is 0 Å². The van der Waals surface area contributed by atoms with Gasteiger partial charge in [-0.15, -0.1) is 0 Å². The van der Waals surface area contributed by atoms with Gasteiger partial charge in [0.25, 0.3) is 11.6 Å². The molecule has 1 fully saturated rings. The zero-order chi connectivity index (χ0) is 14.9. The first-order valence-electron chi connectivity index (χ1n) is 5.96. The molecule has 0 unspecified atom stereocenters. The Bertz CT molecular complexity index is 595. The van der Waals surface area contributed by atoms with Gasteiger partial charge in [0.1, 0.15) is 11.2 Å². The first-order valence-corrected chi connectivity index (χ1v) is 5.96. The molecular formula is C12H13N3O5. The van der Waals surface area contributed by atoms with Gasteiger partial charge in [-0.1, -0.05) is 6.07 Å². The number of rotatable bonds is 4.